The maximum absolute atomic E-state index is 5.24. The lowest BCUT2D eigenvalue weighted by Crippen LogP contribution is -1.95. The number of aromatic nitrogens is 3. The Balaban J connectivity index is 1.30. The molecule has 0 saturated heterocycles. The lowest BCUT2D eigenvalue weighted by Gasteiger charge is -2.13. The van der Waals surface area contributed by atoms with Crippen LogP contribution < -0.4 is 10.1 Å². The molecule has 5 heteroatoms. The van der Waals surface area contributed by atoms with Crippen molar-refractivity contribution in [2.75, 3.05) is 12.4 Å². The summed E-state index contributed by atoms with van der Waals surface area (Å²) in [5.41, 5.74) is 8.01. The summed E-state index contributed by atoms with van der Waals surface area (Å²) in [6.45, 7) is 0. The third-order valence-corrected chi connectivity index (χ3v) is 6.02. The van der Waals surface area contributed by atoms with Gasteiger partial charge in [-0.1, -0.05) is 48.5 Å². The van der Waals surface area contributed by atoms with E-state index in [9.17, 15) is 0 Å². The van der Waals surface area contributed by atoms with E-state index in [1.54, 1.807) is 7.11 Å². The van der Waals surface area contributed by atoms with Crippen molar-refractivity contribution in [1.82, 2.24) is 15.2 Å². The number of hydrogen-bond acceptors (Lipinski definition) is 4. The summed E-state index contributed by atoms with van der Waals surface area (Å²) in [4.78, 5) is 4.81. The highest BCUT2D eigenvalue weighted by Gasteiger charge is 2.10. The normalized spacial score (nSPS) is 11.1. The number of fused-ring (bicyclic) bond motifs is 2. The van der Waals surface area contributed by atoms with Crippen molar-refractivity contribution in [3.63, 3.8) is 0 Å². The van der Waals surface area contributed by atoms with Crippen LogP contribution in [0.25, 0.3) is 44.3 Å². The van der Waals surface area contributed by atoms with Crippen LogP contribution in [0.5, 0.6) is 5.75 Å². The van der Waals surface area contributed by atoms with Crippen LogP contribution in [-0.2, 0) is 0 Å². The summed E-state index contributed by atoms with van der Waals surface area (Å²) >= 11 is 0. The molecule has 0 atom stereocenters. The number of methoxy groups -OCH3 is 1. The molecule has 0 aliphatic carbocycles. The van der Waals surface area contributed by atoms with Gasteiger partial charge in [-0.2, -0.15) is 5.10 Å². The average Bonchev–Trinajstić information content (AvgIpc) is 3.39. The number of H-pyrrole nitrogens is 1. The van der Waals surface area contributed by atoms with Gasteiger partial charge in [0.1, 0.15) is 5.75 Å². The Hall–Kier alpha value is -4.64. The number of hydrogen-bond donors (Lipinski definition) is 2. The number of anilines is 2. The second-order valence-corrected chi connectivity index (χ2v) is 8.12. The Morgan fingerprint density at radius 1 is 0.706 bits per heavy atom. The Morgan fingerprint density at radius 2 is 1.32 bits per heavy atom. The Bertz CT molecular complexity index is 1550. The molecule has 34 heavy (non-hydrogen) atoms. The van der Waals surface area contributed by atoms with E-state index in [1.807, 2.05) is 48.5 Å². The second kappa shape index (κ2) is 8.37. The Labute approximate surface area is 197 Å². The molecule has 0 radical (unpaired) electrons. The van der Waals surface area contributed by atoms with Gasteiger partial charge in [0, 0.05) is 22.0 Å². The molecule has 0 aliphatic rings. The van der Waals surface area contributed by atoms with Crippen LogP contribution in [0.1, 0.15) is 0 Å². The molecule has 6 rings (SSSR count). The maximum Gasteiger partial charge on any atom is 0.118 e. The highest BCUT2D eigenvalue weighted by atomic mass is 16.5. The van der Waals surface area contributed by atoms with E-state index in [1.165, 1.54) is 0 Å². The van der Waals surface area contributed by atoms with E-state index in [0.717, 1.165) is 61.4 Å². The molecular formula is C29H22N4O. The van der Waals surface area contributed by atoms with E-state index in [4.69, 9.17) is 9.72 Å². The van der Waals surface area contributed by atoms with Crippen molar-refractivity contribution in [3.05, 3.63) is 103 Å². The molecule has 2 heterocycles. The van der Waals surface area contributed by atoms with Crippen molar-refractivity contribution in [2.24, 2.45) is 0 Å². The van der Waals surface area contributed by atoms with Gasteiger partial charge >= 0.3 is 0 Å². The fraction of sp³-hybridized carbons (Fsp3) is 0.0345. The van der Waals surface area contributed by atoms with Gasteiger partial charge in [-0.3, -0.25) is 5.10 Å². The first kappa shape index (κ1) is 20.0. The van der Waals surface area contributed by atoms with Gasteiger partial charge in [0.05, 0.1) is 35.2 Å². The minimum atomic E-state index is 0.831. The van der Waals surface area contributed by atoms with Gasteiger partial charge in [-0.25, -0.2) is 4.98 Å². The fourth-order valence-corrected chi connectivity index (χ4v) is 4.23. The number of nitrogens with zero attached hydrogens (tertiary/aromatic N) is 2. The number of rotatable bonds is 5. The van der Waals surface area contributed by atoms with Crippen LogP contribution in [0.15, 0.2) is 103 Å². The van der Waals surface area contributed by atoms with Gasteiger partial charge in [-0.05, 0) is 60.2 Å². The first-order chi connectivity index (χ1) is 16.8. The van der Waals surface area contributed by atoms with Crippen LogP contribution in [-0.4, -0.2) is 22.3 Å². The molecule has 164 valence electrons. The zero-order chi connectivity index (χ0) is 22.9. The molecule has 0 spiro atoms. The van der Waals surface area contributed by atoms with Gasteiger partial charge in [-0.15, -0.1) is 0 Å². The third kappa shape index (κ3) is 3.63. The average molecular weight is 443 g/mol. The first-order valence-electron chi connectivity index (χ1n) is 11.1. The van der Waals surface area contributed by atoms with Crippen molar-refractivity contribution in [3.8, 4) is 28.3 Å². The summed E-state index contributed by atoms with van der Waals surface area (Å²) in [7, 11) is 1.67. The SMILES string of the molecule is COc1ccc(-c2cc(-c3ccc(Nc4c5ccccc5nc5ccccc45)cc3)[nH]n2)cc1. The van der Waals surface area contributed by atoms with Crippen LogP contribution in [0.3, 0.4) is 0 Å². The van der Waals surface area contributed by atoms with Gasteiger partial charge in [0.2, 0.25) is 0 Å². The lowest BCUT2D eigenvalue weighted by molar-refractivity contribution is 0.415. The Morgan fingerprint density at radius 3 is 1.97 bits per heavy atom. The fourth-order valence-electron chi connectivity index (χ4n) is 4.23. The van der Waals surface area contributed by atoms with Crippen molar-refractivity contribution in [1.29, 1.82) is 0 Å². The highest BCUT2D eigenvalue weighted by Crippen LogP contribution is 2.33. The molecule has 0 amide bonds. The van der Waals surface area contributed by atoms with Crippen LogP contribution in [0.4, 0.5) is 11.4 Å². The first-order valence-corrected chi connectivity index (χ1v) is 11.1. The topological polar surface area (TPSA) is 62.8 Å². The summed E-state index contributed by atoms with van der Waals surface area (Å²) in [5, 5.41) is 13.5. The molecule has 0 aliphatic heterocycles. The molecule has 5 nitrogen and oxygen atoms in total. The van der Waals surface area contributed by atoms with Crippen molar-refractivity contribution >= 4 is 33.2 Å². The summed E-state index contributed by atoms with van der Waals surface area (Å²) in [6.07, 6.45) is 0. The molecule has 4 aromatic carbocycles. The molecule has 0 saturated carbocycles. The second-order valence-electron chi connectivity index (χ2n) is 8.12. The van der Waals surface area contributed by atoms with E-state index >= 15 is 0 Å². The zero-order valence-electron chi connectivity index (χ0n) is 18.6. The molecule has 0 fully saturated rings. The van der Waals surface area contributed by atoms with E-state index in [-0.39, 0.29) is 0 Å². The monoisotopic (exact) mass is 442 g/mol. The van der Waals surface area contributed by atoms with Crippen LogP contribution in [0.2, 0.25) is 0 Å². The third-order valence-electron chi connectivity index (χ3n) is 6.02. The molecule has 6 aromatic rings. The predicted octanol–water partition coefficient (Wildman–Crippen LogP) is 7.20. The van der Waals surface area contributed by atoms with Gasteiger partial charge in [0.25, 0.3) is 0 Å². The molecular weight excluding hydrogens is 420 g/mol. The molecule has 2 N–H and O–H groups in total. The zero-order valence-corrected chi connectivity index (χ0v) is 18.6. The largest absolute Gasteiger partial charge is 0.497 e. The van der Waals surface area contributed by atoms with Gasteiger partial charge in [0.15, 0.2) is 0 Å². The number of benzene rings is 4. The van der Waals surface area contributed by atoms with Crippen LogP contribution >= 0.6 is 0 Å². The summed E-state index contributed by atoms with van der Waals surface area (Å²) in [5.74, 6) is 0.831. The minimum Gasteiger partial charge on any atom is -0.497 e. The summed E-state index contributed by atoms with van der Waals surface area (Å²) < 4.78 is 5.24. The maximum atomic E-state index is 5.24. The predicted molar refractivity (Wildman–Crippen MR) is 139 cm³/mol. The van der Waals surface area contributed by atoms with E-state index in [2.05, 4.69) is 70.1 Å². The number of aromatic amines is 1. The quantitative estimate of drug-likeness (QED) is 0.277. The number of para-hydroxylation sites is 2. The smallest absolute Gasteiger partial charge is 0.118 e. The van der Waals surface area contributed by atoms with E-state index in [0.29, 0.717) is 0 Å². The molecule has 0 bridgehead atoms. The molecule has 2 aromatic heterocycles. The lowest BCUT2D eigenvalue weighted by atomic mass is 10.1. The number of ether oxygens (including phenoxy) is 1. The standard InChI is InChI=1S/C29H22N4O/c1-34-22-16-12-20(13-17-22)28-18-27(32-33-28)19-10-14-21(15-11-19)30-29-23-6-2-4-8-25(23)31-26-9-5-3-7-24(26)29/h2-18H,1H3,(H,30,31)(H,32,33). The van der Waals surface area contributed by atoms with Crippen LogP contribution in [0, 0.1) is 0 Å². The van der Waals surface area contributed by atoms with Crippen molar-refractivity contribution < 1.29 is 4.74 Å². The number of pyridine rings is 1. The molecule has 0 unspecified atom stereocenters. The van der Waals surface area contributed by atoms with E-state index < -0.39 is 0 Å². The van der Waals surface area contributed by atoms with Gasteiger partial charge < -0.3 is 10.1 Å². The Kier molecular flexibility index (Phi) is 4.92. The number of nitrogens with one attached hydrogen (secondary N) is 2. The van der Waals surface area contributed by atoms with Crippen molar-refractivity contribution in [2.45, 2.75) is 0 Å². The highest BCUT2D eigenvalue weighted by molar-refractivity contribution is 6.08. The minimum absolute atomic E-state index is 0.831. The summed E-state index contributed by atoms with van der Waals surface area (Å²) in [6, 6.07) is 34.8.